The van der Waals surface area contributed by atoms with Crippen LogP contribution in [-0.4, -0.2) is 25.8 Å². The summed E-state index contributed by atoms with van der Waals surface area (Å²) in [7, 11) is 0. The summed E-state index contributed by atoms with van der Waals surface area (Å²) < 4.78 is 5.60. The molecule has 2 rings (SSSR count). The Balaban J connectivity index is 2.15. The molecule has 1 aliphatic rings. The minimum absolute atomic E-state index is 0.0348. The van der Waals surface area contributed by atoms with Crippen molar-refractivity contribution in [2.24, 2.45) is 5.73 Å². The number of nitrogens with one attached hydrogen (secondary N) is 1. The summed E-state index contributed by atoms with van der Waals surface area (Å²) in [5.74, 6) is 0. The Kier molecular flexibility index (Phi) is 4.05. The predicted molar refractivity (Wildman–Crippen MR) is 66.0 cm³/mol. The first kappa shape index (κ1) is 12.1. The zero-order valence-corrected chi connectivity index (χ0v) is 10.3. The monoisotopic (exact) mass is 260 g/mol. The number of benzene rings is 1. The van der Waals surface area contributed by atoms with Gasteiger partial charge in [0.15, 0.2) is 0 Å². The van der Waals surface area contributed by atoms with Gasteiger partial charge in [-0.15, -0.1) is 0 Å². The maximum atomic E-state index is 6.13. The Bertz CT molecular complexity index is 367. The molecule has 0 aliphatic carbocycles. The third kappa shape index (κ3) is 2.67. The van der Waals surface area contributed by atoms with Gasteiger partial charge in [-0.1, -0.05) is 29.3 Å². The fourth-order valence-corrected chi connectivity index (χ4v) is 2.32. The smallest absolute Gasteiger partial charge is 0.0892 e. The van der Waals surface area contributed by atoms with Gasteiger partial charge in [-0.3, -0.25) is 0 Å². The minimum atomic E-state index is -0.224. The highest BCUT2D eigenvalue weighted by Crippen LogP contribution is 2.27. The molecule has 16 heavy (non-hydrogen) atoms. The fraction of sp³-hybridized carbons (Fsp3) is 0.455. The second kappa shape index (κ2) is 5.34. The van der Waals surface area contributed by atoms with Crippen molar-refractivity contribution in [2.75, 3.05) is 19.7 Å². The summed E-state index contributed by atoms with van der Waals surface area (Å²) in [5.41, 5.74) is 7.00. The average Bonchev–Trinajstić information content (AvgIpc) is 2.29. The maximum Gasteiger partial charge on any atom is 0.0892 e. The summed E-state index contributed by atoms with van der Waals surface area (Å²) >= 11 is 11.9. The van der Waals surface area contributed by atoms with Gasteiger partial charge in [-0.2, -0.15) is 0 Å². The highest BCUT2D eigenvalue weighted by Gasteiger charge is 2.24. The second-order valence-corrected chi connectivity index (χ2v) is 4.65. The number of halogens is 2. The summed E-state index contributed by atoms with van der Waals surface area (Å²) in [6.45, 7) is 2.31. The lowest BCUT2D eigenvalue weighted by Gasteiger charge is -2.29. The molecule has 1 aliphatic heterocycles. The number of ether oxygens (including phenoxy) is 1. The van der Waals surface area contributed by atoms with E-state index in [9.17, 15) is 0 Å². The molecule has 1 fully saturated rings. The van der Waals surface area contributed by atoms with Crippen LogP contribution in [0.3, 0.4) is 0 Å². The lowest BCUT2D eigenvalue weighted by atomic mass is 10.0. The van der Waals surface area contributed by atoms with Crippen LogP contribution in [0.1, 0.15) is 11.6 Å². The summed E-state index contributed by atoms with van der Waals surface area (Å²) in [6.07, 6.45) is -0.0348. The van der Waals surface area contributed by atoms with E-state index in [0.29, 0.717) is 16.7 Å². The lowest BCUT2D eigenvalue weighted by Crippen LogP contribution is -2.44. The normalized spacial score (nSPS) is 23.1. The van der Waals surface area contributed by atoms with Crippen molar-refractivity contribution in [3.8, 4) is 0 Å². The lowest BCUT2D eigenvalue weighted by molar-refractivity contribution is 0.0122. The van der Waals surface area contributed by atoms with Crippen LogP contribution in [0.5, 0.6) is 0 Å². The van der Waals surface area contributed by atoms with E-state index in [1.807, 2.05) is 6.07 Å². The Morgan fingerprint density at radius 1 is 1.44 bits per heavy atom. The number of morpholine rings is 1. The van der Waals surface area contributed by atoms with E-state index in [1.54, 1.807) is 12.1 Å². The zero-order valence-electron chi connectivity index (χ0n) is 8.75. The van der Waals surface area contributed by atoms with Crippen LogP contribution in [0, 0.1) is 0 Å². The van der Waals surface area contributed by atoms with E-state index in [1.165, 1.54) is 0 Å². The van der Waals surface area contributed by atoms with Crippen LogP contribution in [0.25, 0.3) is 0 Å². The van der Waals surface area contributed by atoms with Crippen LogP contribution in [0.4, 0.5) is 0 Å². The van der Waals surface area contributed by atoms with Gasteiger partial charge in [-0.25, -0.2) is 0 Å². The van der Waals surface area contributed by atoms with Gasteiger partial charge in [0.1, 0.15) is 0 Å². The summed E-state index contributed by atoms with van der Waals surface area (Å²) in [4.78, 5) is 0. The molecule has 1 aromatic rings. The molecule has 88 valence electrons. The quantitative estimate of drug-likeness (QED) is 0.855. The van der Waals surface area contributed by atoms with E-state index in [2.05, 4.69) is 5.32 Å². The highest BCUT2D eigenvalue weighted by molar-refractivity contribution is 6.35. The molecule has 3 nitrogen and oxygen atoms in total. The molecule has 2 atom stereocenters. The molecule has 0 saturated carbocycles. The van der Waals surface area contributed by atoms with E-state index in [-0.39, 0.29) is 12.1 Å². The third-order valence-corrected chi connectivity index (χ3v) is 3.24. The van der Waals surface area contributed by atoms with Gasteiger partial charge in [0.25, 0.3) is 0 Å². The highest BCUT2D eigenvalue weighted by atomic mass is 35.5. The third-order valence-electron chi connectivity index (χ3n) is 2.68. The van der Waals surface area contributed by atoms with Crippen molar-refractivity contribution in [3.63, 3.8) is 0 Å². The van der Waals surface area contributed by atoms with Crippen molar-refractivity contribution in [1.29, 1.82) is 0 Å². The maximum absolute atomic E-state index is 6.13. The van der Waals surface area contributed by atoms with Crippen molar-refractivity contribution in [3.05, 3.63) is 33.8 Å². The van der Waals surface area contributed by atoms with Crippen molar-refractivity contribution in [1.82, 2.24) is 5.32 Å². The Morgan fingerprint density at radius 3 is 2.88 bits per heavy atom. The topological polar surface area (TPSA) is 47.3 Å². The Hall–Kier alpha value is -0.320. The van der Waals surface area contributed by atoms with Crippen LogP contribution in [-0.2, 0) is 4.74 Å². The molecule has 1 saturated heterocycles. The van der Waals surface area contributed by atoms with Crippen molar-refractivity contribution < 1.29 is 4.74 Å². The van der Waals surface area contributed by atoms with Gasteiger partial charge in [-0.05, 0) is 17.7 Å². The fourth-order valence-electron chi connectivity index (χ4n) is 1.79. The molecule has 1 heterocycles. The molecule has 3 N–H and O–H groups in total. The number of hydrogen-bond donors (Lipinski definition) is 2. The molecule has 0 spiro atoms. The SMILES string of the molecule is NC(c1ccc(Cl)cc1Cl)C1CNCCO1. The van der Waals surface area contributed by atoms with Crippen molar-refractivity contribution in [2.45, 2.75) is 12.1 Å². The molecule has 0 bridgehead atoms. The van der Waals surface area contributed by atoms with Crippen LogP contribution in [0.2, 0.25) is 10.0 Å². The van der Waals surface area contributed by atoms with Gasteiger partial charge in [0.05, 0.1) is 18.8 Å². The number of hydrogen-bond acceptors (Lipinski definition) is 3. The predicted octanol–water partition coefficient (Wildman–Crippen LogP) is 1.98. The number of nitrogens with two attached hydrogens (primary N) is 1. The van der Waals surface area contributed by atoms with Crippen LogP contribution in [0.15, 0.2) is 18.2 Å². The molecule has 2 unspecified atom stereocenters. The van der Waals surface area contributed by atoms with Gasteiger partial charge in [0, 0.05) is 23.1 Å². The molecule has 0 radical (unpaired) electrons. The molecule has 5 heteroatoms. The standard InChI is InChI=1S/C11H14Cl2N2O/c12-7-1-2-8(9(13)5-7)11(14)10-6-15-3-4-16-10/h1-2,5,10-11,15H,3-4,6,14H2. The second-order valence-electron chi connectivity index (χ2n) is 3.80. The molecular formula is C11H14Cl2N2O. The first-order chi connectivity index (χ1) is 7.68. The van der Waals surface area contributed by atoms with Gasteiger partial charge in [0.2, 0.25) is 0 Å². The molecular weight excluding hydrogens is 247 g/mol. The van der Waals surface area contributed by atoms with Gasteiger partial charge >= 0.3 is 0 Å². The molecule has 1 aromatic carbocycles. The number of rotatable bonds is 2. The molecule has 0 amide bonds. The Labute approximate surface area is 105 Å². The first-order valence-corrected chi connectivity index (χ1v) is 5.97. The van der Waals surface area contributed by atoms with E-state index in [0.717, 1.165) is 18.7 Å². The largest absolute Gasteiger partial charge is 0.374 e. The van der Waals surface area contributed by atoms with Crippen LogP contribution < -0.4 is 11.1 Å². The average molecular weight is 261 g/mol. The minimum Gasteiger partial charge on any atom is -0.374 e. The van der Waals surface area contributed by atoms with Gasteiger partial charge < -0.3 is 15.8 Å². The zero-order chi connectivity index (χ0) is 11.5. The summed E-state index contributed by atoms with van der Waals surface area (Å²) in [5, 5.41) is 4.45. The van der Waals surface area contributed by atoms with Crippen molar-refractivity contribution >= 4 is 23.2 Å². The molecule has 0 aromatic heterocycles. The van der Waals surface area contributed by atoms with E-state index >= 15 is 0 Å². The van der Waals surface area contributed by atoms with E-state index < -0.39 is 0 Å². The van der Waals surface area contributed by atoms with Crippen LogP contribution >= 0.6 is 23.2 Å². The first-order valence-electron chi connectivity index (χ1n) is 5.21. The summed E-state index contributed by atoms with van der Waals surface area (Å²) in [6, 6.07) is 5.12. The van der Waals surface area contributed by atoms with E-state index in [4.69, 9.17) is 33.7 Å². The Morgan fingerprint density at radius 2 is 2.25 bits per heavy atom.